The van der Waals surface area contributed by atoms with Gasteiger partial charge in [-0.05, 0) is 43.3 Å². The lowest BCUT2D eigenvalue weighted by molar-refractivity contribution is -0.109. The minimum atomic E-state index is -1.63. The Bertz CT molecular complexity index is 255. The maximum absolute atomic E-state index is 10.6. The van der Waals surface area contributed by atoms with Gasteiger partial charge in [0.25, 0.3) is 0 Å². The van der Waals surface area contributed by atoms with Crippen molar-refractivity contribution in [3.8, 4) is 0 Å². The zero-order chi connectivity index (χ0) is 13.1. The molecule has 2 nitrogen and oxygen atoms in total. The fourth-order valence-corrected chi connectivity index (χ4v) is 3.69. The molecule has 1 aliphatic carbocycles. The van der Waals surface area contributed by atoms with Gasteiger partial charge in [-0.25, -0.2) is 0 Å². The summed E-state index contributed by atoms with van der Waals surface area (Å²) in [7, 11) is -1.63. The average Bonchev–Trinajstić information content (AvgIpc) is 2.16. The van der Waals surface area contributed by atoms with Gasteiger partial charge in [0, 0.05) is 12.5 Å². The summed E-state index contributed by atoms with van der Waals surface area (Å²) in [5.41, 5.74) is 0. The molecule has 0 bridgehead atoms. The third kappa shape index (κ3) is 4.22. The van der Waals surface area contributed by atoms with Crippen LogP contribution in [0.25, 0.3) is 0 Å². The topological polar surface area (TPSA) is 26.3 Å². The minimum absolute atomic E-state index is 0.282. The molecule has 0 N–H and O–H groups in total. The number of hydrogen-bond donors (Lipinski definition) is 0. The number of hydrogen-bond acceptors (Lipinski definition) is 2. The predicted molar refractivity (Wildman–Crippen MR) is 74.7 cm³/mol. The molecule has 2 atom stereocenters. The van der Waals surface area contributed by atoms with Gasteiger partial charge in [0.05, 0.1) is 0 Å². The van der Waals surface area contributed by atoms with Crippen LogP contribution in [0.1, 0.15) is 52.9 Å². The molecule has 1 fully saturated rings. The molecule has 0 heterocycles. The van der Waals surface area contributed by atoms with Gasteiger partial charge in [-0.1, -0.05) is 27.2 Å². The normalized spacial score (nSPS) is 26.9. The molecule has 100 valence electrons. The van der Waals surface area contributed by atoms with Crippen molar-refractivity contribution in [3.63, 3.8) is 0 Å². The molecule has 0 saturated heterocycles. The van der Waals surface area contributed by atoms with Crippen LogP contribution in [0.3, 0.4) is 0 Å². The van der Waals surface area contributed by atoms with Crippen molar-refractivity contribution in [1.82, 2.24) is 0 Å². The van der Waals surface area contributed by atoms with E-state index in [0.29, 0.717) is 12.0 Å². The smallest absolute Gasteiger partial charge is 0.192 e. The third-order valence-electron chi connectivity index (χ3n) is 4.43. The molecule has 17 heavy (non-hydrogen) atoms. The van der Waals surface area contributed by atoms with E-state index in [2.05, 4.69) is 33.9 Å². The lowest BCUT2D eigenvalue weighted by Gasteiger charge is -2.41. The van der Waals surface area contributed by atoms with E-state index in [0.717, 1.165) is 19.1 Å². The van der Waals surface area contributed by atoms with E-state index in [1.54, 1.807) is 0 Å². The molecule has 0 aliphatic heterocycles. The fourth-order valence-electron chi connectivity index (χ4n) is 2.29. The Morgan fingerprint density at radius 1 is 1.29 bits per heavy atom. The van der Waals surface area contributed by atoms with Crippen LogP contribution in [-0.4, -0.2) is 20.7 Å². The van der Waals surface area contributed by atoms with Gasteiger partial charge in [-0.15, -0.1) is 0 Å². The quantitative estimate of drug-likeness (QED) is 0.558. The Hall–Kier alpha value is -0.153. The highest BCUT2D eigenvalue weighted by molar-refractivity contribution is 6.74. The van der Waals surface area contributed by atoms with Crippen molar-refractivity contribution in [2.24, 2.45) is 5.92 Å². The maximum Gasteiger partial charge on any atom is 0.192 e. The third-order valence-corrected chi connectivity index (χ3v) is 8.97. The first-order chi connectivity index (χ1) is 7.76. The van der Waals surface area contributed by atoms with Gasteiger partial charge in [0.2, 0.25) is 0 Å². The summed E-state index contributed by atoms with van der Waals surface area (Å²) in [5, 5.41) is 0.282. The molecule has 0 aromatic heterocycles. The summed E-state index contributed by atoms with van der Waals surface area (Å²) in [5.74, 6) is 0.566. The van der Waals surface area contributed by atoms with Crippen LogP contribution in [-0.2, 0) is 9.22 Å². The summed E-state index contributed by atoms with van der Waals surface area (Å²) in [6, 6.07) is 0. The number of aldehydes is 1. The Labute approximate surface area is 107 Å². The van der Waals surface area contributed by atoms with Crippen molar-refractivity contribution in [1.29, 1.82) is 0 Å². The van der Waals surface area contributed by atoms with Crippen LogP contribution < -0.4 is 0 Å². The van der Waals surface area contributed by atoms with E-state index < -0.39 is 8.32 Å². The number of carbonyl (C=O) groups is 1. The lowest BCUT2D eigenvalue weighted by Crippen LogP contribution is -2.45. The molecule has 0 aromatic carbocycles. The maximum atomic E-state index is 10.6. The van der Waals surface area contributed by atoms with Gasteiger partial charge in [0.15, 0.2) is 8.32 Å². The van der Waals surface area contributed by atoms with Gasteiger partial charge < -0.3 is 9.22 Å². The molecule has 0 radical (unpaired) electrons. The zero-order valence-electron chi connectivity index (χ0n) is 12.1. The van der Waals surface area contributed by atoms with E-state index in [1.807, 2.05) is 0 Å². The van der Waals surface area contributed by atoms with E-state index >= 15 is 0 Å². The zero-order valence-corrected chi connectivity index (χ0v) is 13.1. The second-order valence-electron chi connectivity index (χ2n) is 6.94. The van der Waals surface area contributed by atoms with Crippen molar-refractivity contribution in [3.05, 3.63) is 0 Å². The first-order valence-electron chi connectivity index (χ1n) is 6.88. The van der Waals surface area contributed by atoms with E-state index in [4.69, 9.17) is 4.43 Å². The predicted octanol–water partition coefficient (Wildman–Crippen LogP) is 4.16. The molecule has 1 saturated carbocycles. The highest BCUT2D eigenvalue weighted by Crippen LogP contribution is 2.40. The SMILES string of the molecule is CC(C)(C)[Si](C)(C)O[C@H]1CCC[C@H](CC=O)C1. The van der Waals surface area contributed by atoms with Gasteiger partial charge >= 0.3 is 0 Å². The van der Waals surface area contributed by atoms with Crippen molar-refractivity contribution >= 4 is 14.6 Å². The first-order valence-corrected chi connectivity index (χ1v) is 9.78. The monoisotopic (exact) mass is 256 g/mol. The first kappa shape index (κ1) is 14.9. The molecule has 0 unspecified atom stereocenters. The Balaban J connectivity index is 2.54. The standard InChI is InChI=1S/C14H28O2Si/c1-14(2,3)17(4,5)16-13-8-6-7-12(11-13)9-10-15/h10,12-13H,6-9,11H2,1-5H3/t12-,13+/m1/s1. The molecular weight excluding hydrogens is 228 g/mol. The number of carbonyl (C=O) groups excluding carboxylic acids is 1. The summed E-state index contributed by atoms with van der Waals surface area (Å²) in [4.78, 5) is 10.6. The molecule has 1 aliphatic rings. The molecule has 0 amide bonds. The second-order valence-corrected chi connectivity index (χ2v) is 11.7. The Morgan fingerprint density at radius 2 is 1.94 bits per heavy atom. The van der Waals surface area contributed by atoms with E-state index in [-0.39, 0.29) is 5.04 Å². The Kier molecular flexibility index (Phi) is 4.96. The van der Waals surface area contributed by atoms with Crippen LogP contribution in [0.4, 0.5) is 0 Å². The van der Waals surface area contributed by atoms with Gasteiger partial charge in [-0.3, -0.25) is 0 Å². The van der Waals surface area contributed by atoms with Crippen LogP contribution in [0.2, 0.25) is 18.1 Å². The number of rotatable bonds is 4. The van der Waals surface area contributed by atoms with Crippen LogP contribution in [0, 0.1) is 5.92 Å². The van der Waals surface area contributed by atoms with Crippen molar-refractivity contribution in [2.75, 3.05) is 0 Å². The van der Waals surface area contributed by atoms with Crippen LogP contribution in [0.15, 0.2) is 0 Å². The molecule has 3 heteroatoms. The van der Waals surface area contributed by atoms with Gasteiger partial charge in [0.1, 0.15) is 6.29 Å². The van der Waals surface area contributed by atoms with Crippen molar-refractivity contribution < 1.29 is 9.22 Å². The largest absolute Gasteiger partial charge is 0.414 e. The Morgan fingerprint density at radius 3 is 2.47 bits per heavy atom. The fraction of sp³-hybridized carbons (Fsp3) is 0.929. The highest BCUT2D eigenvalue weighted by Gasteiger charge is 2.39. The molecule has 0 aromatic rings. The molecular formula is C14H28O2Si. The van der Waals surface area contributed by atoms with Gasteiger partial charge in [-0.2, -0.15) is 0 Å². The van der Waals surface area contributed by atoms with E-state index in [1.165, 1.54) is 19.3 Å². The van der Waals surface area contributed by atoms with E-state index in [9.17, 15) is 4.79 Å². The van der Waals surface area contributed by atoms with Crippen LogP contribution >= 0.6 is 0 Å². The second kappa shape index (κ2) is 5.66. The summed E-state index contributed by atoms with van der Waals surface area (Å²) >= 11 is 0. The van der Waals surface area contributed by atoms with Crippen molar-refractivity contribution in [2.45, 2.75) is 77.1 Å². The minimum Gasteiger partial charge on any atom is -0.414 e. The summed E-state index contributed by atoms with van der Waals surface area (Å²) in [6.45, 7) is 11.5. The van der Waals surface area contributed by atoms with Crippen LogP contribution in [0.5, 0.6) is 0 Å². The molecule has 1 rings (SSSR count). The lowest BCUT2D eigenvalue weighted by atomic mass is 9.86. The highest BCUT2D eigenvalue weighted by atomic mass is 28.4. The summed E-state index contributed by atoms with van der Waals surface area (Å²) < 4.78 is 6.44. The average molecular weight is 256 g/mol. The molecule has 0 spiro atoms. The summed E-state index contributed by atoms with van der Waals surface area (Å²) in [6.07, 6.45) is 6.88.